The first kappa shape index (κ1) is 33.6. The Hall–Kier alpha value is -3.27. The maximum absolute atomic E-state index is 14.5. The van der Waals surface area contributed by atoms with Gasteiger partial charge in [0.05, 0.1) is 0 Å². The molecule has 3 amide bonds. The number of thiophene rings is 1. The second-order valence-corrected chi connectivity index (χ2v) is 13.9. The lowest BCUT2D eigenvalue weighted by atomic mass is 9.97. The molecule has 1 aromatic heterocycles. The topological polar surface area (TPSA) is 90.2 Å². The number of piperidine rings is 1. The molecule has 238 valence electrons. The lowest BCUT2D eigenvalue weighted by Gasteiger charge is -2.40. The second kappa shape index (κ2) is 15.1. The summed E-state index contributed by atoms with van der Waals surface area (Å²) in [6.45, 7) is 5.56. The van der Waals surface area contributed by atoms with Crippen molar-refractivity contribution < 1.29 is 14.4 Å². The van der Waals surface area contributed by atoms with Crippen molar-refractivity contribution in [1.82, 2.24) is 19.8 Å². The van der Waals surface area contributed by atoms with Crippen molar-refractivity contribution >= 4 is 39.8 Å². The van der Waals surface area contributed by atoms with E-state index in [1.165, 1.54) is 0 Å². The fourth-order valence-corrected chi connectivity index (χ4v) is 6.70. The van der Waals surface area contributed by atoms with Gasteiger partial charge >= 0.3 is 0 Å². The quantitative estimate of drug-likeness (QED) is 0.287. The van der Waals surface area contributed by atoms with E-state index in [9.17, 15) is 14.4 Å². The number of carbonyl (C=O) groups excluding carboxylic acids is 3. The van der Waals surface area contributed by atoms with Crippen molar-refractivity contribution in [3.63, 3.8) is 0 Å². The number of nitrogens with two attached hydrogens (primary N) is 1. The molecule has 1 aliphatic heterocycles. The number of benzene rings is 2. The van der Waals surface area contributed by atoms with Crippen LogP contribution in [0.1, 0.15) is 62.8 Å². The van der Waals surface area contributed by atoms with Crippen LogP contribution >= 0.6 is 11.3 Å². The predicted octanol–water partition coefficient (Wildman–Crippen LogP) is 5.11. The Morgan fingerprint density at radius 3 is 2.20 bits per heavy atom. The third-order valence-electron chi connectivity index (χ3n) is 8.75. The third-order valence-corrected chi connectivity index (χ3v) is 9.65. The normalized spacial score (nSPS) is 15.5. The van der Waals surface area contributed by atoms with Gasteiger partial charge in [0.1, 0.15) is 12.1 Å². The monoisotopic (exact) mass is 619 g/mol. The van der Waals surface area contributed by atoms with Gasteiger partial charge in [-0.25, -0.2) is 5.01 Å². The van der Waals surface area contributed by atoms with Gasteiger partial charge in [-0.3, -0.25) is 19.4 Å². The van der Waals surface area contributed by atoms with Crippen molar-refractivity contribution in [3.05, 3.63) is 70.4 Å². The van der Waals surface area contributed by atoms with E-state index in [4.69, 9.17) is 5.73 Å². The zero-order chi connectivity index (χ0) is 31.9. The van der Waals surface area contributed by atoms with Crippen LogP contribution in [0.25, 0.3) is 10.8 Å². The van der Waals surface area contributed by atoms with E-state index in [0.29, 0.717) is 32.1 Å². The molecule has 2 heterocycles. The summed E-state index contributed by atoms with van der Waals surface area (Å²) in [7, 11) is 5.24. The first-order valence-corrected chi connectivity index (χ1v) is 16.7. The Labute approximate surface area is 266 Å². The summed E-state index contributed by atoms with van der Waals surface area (Å²) in [6, 6.07) is 16.8. The first-order chi connectivity index (χ1) is 20.9. The second-order valence-electron chi connectivity index (χ2n) is 12.9. The first-order valence-electron chi connectivity index (χ1n) is 15.8. The van der Waals surface area contributed by atoms with Gasteiger partial charge in [-0.1, -0.05) is 55.0 Å². The maximum atomic E-state index is 14.5. The Bertz CT molecular complexity index is 1400. The lowest BCUT2D eigenvalue weighted by Crippen LogP contribution is -2.58. The van der Waals surface area contributed by atoms with Crippen LogP contribution in [0.15, 0.2) is 60.0 Å². The van der Waals surface area contributed by atoms with Gasteiger partial charge in [0.25, 0.3) is 5.91 Å². The molecule has 8 nitrogen and oxygen atoms in total. The highest BCUT2D eigenvalue weighted by atomic mass is 32.1. The molecule has 0 spiro atoms. The zero-order valence-electron chi connectivity index (χ0n) is 27.0. The number of amides is 3. The molecular weight excluding hydrogens is 570 g/mol. The summed E-state index contributed by atoms with van der Waals surface area (Å²) >= 11 is 1.58. The highest BCUT2D eigenvalue weighted by Crippen LogP contribution is 2.23. The average molecular weight is 620 g/mol. The minimum atomic E-state index is -0.765. The Kier molecular flexibility index (Phi) is 11.6. The van der Waals surface area contributed by atoms with Gasteiger partial charge in [0, 0.05) is 63.9 Å². The van der Waals surface area contributed by atoms with Gasteiger partial charge in [-0.2, -0.15) is 0 Å². The number of hydrogen-bond donors (Lipinski definition) is 1. The van der Waals surface area contributed by atoms with Crippen molar-refractivity contribution in [2.24, 2.45) is 5.73 Å². The van der Waals surface area contributed by atoms with E-state index in [1.807, 2.05) is 56.6 Å². The summed E-state index contributed by atoms with van der Waals surface area (Å²) in [4.78, 5) is 46.3. The zero-order valence-corrected chi connectivity index (χ0v) is 27.8. The number of carbonyl (C=O) groups is 3. The summed E-state index contributed by atoms with van der Waals surface area (Å²) in [6.07, 6.45) is 5.67. The largest absolute Gasteiger partial charge is 0.333 e. The Balaban J connectivity index is 1.62. The number of nitrogens with zero attached hydrogens (tertiary/aromatic N) is 4. The minimum Gasteiger partial charge on any atom is -0.333 e. The van der Waals surface area contributed by atoms with Gasteiger partial charge < -0.3 is 15.5 Å². The van der Waals surface area contributed by atoms with Gasteiger partial charge in [0.2, 0.25) is 11.8 Å². The van der Waals surface area contributed by atoms with E-state index >= 15 is 0 Å². The molecule has 2 aromatic carbocycles. The predicted molar refractivity (Wildman–Crippen MR) is 179 cm³/mol. The van der Waals surface area contributed by atoms with Crippen molar-refractivity contribution in [1.29, 1.82) is 0 Å². The van der Waals surface area contributed by atoms with Gasteiger partial charge in [0.15, 0.2) is 0 Å². The standard InChI is InChI=1S/C35H49N5O3S/c1-35(2,36)19-11-16-32(41)37(3)30(24-26-17-18-27-13-7-8-14-28(27)23-26)33(42)38(4)31(25-29-15-12-22-44-29)34(43)39(5)40-20-9-6-10-21-40/h7-8,12-15,17-18,22-23,30-31H,6,9-11,16,19-21,24-25,36H2,1-5H3/t30-,31?/m1/s1. The molecule has 2 N–H and O–H groups in total. The minimum absolute atomic E-state index is 0.103. The number of hydrogen-bond acceptors (Lipinski definition) is 6. The molecule has 2 atom stereocenters. The third kappa shape index (κ3) is 8.89. The number of rotatable bonds is 13. The van der Waals surface area contributed by atoms with E-state index in [-0.39, 0.29) is 23.3 Å². The molecule has 0 aliphatic carbocycles. The smallest absolute Gasteiger partial charge is 0.259 e. The van der Waals surface area contributed by atoms with Crippen LogP contribution < -0.4 is 5.73 Å². The molecule has 0 radical (unpaired) electrons. The highest BCUT2D eigenvalue weighted by molar-refractivity contribution is 7.09. The van der Waals surface area contributed by atoms with Crippen molar-refractivity contribution in [2.45, 2.75) is 82.8 Å². The van der Waals surface area contributed by atoms with Crippen LogP contribution in [-0.2, 0) is 27.2 Å². The Morgan fingerprint density at radius 2 is 1.55 bits per heavy atom. The van der Waals surface area contributed by atoms with E-state index in [0.717, 1.165) is 53.6 Å². The highest BCUT2D eigenvalue weighted by Gasteiger charge is 2.37. The van der Waals surface area contributed by atoms with Gasteiger partial charge in [-0.05, 0) is 67.3 Å². The van der Waals surface area contributed by atoms with Crippen LogP contribution in [0.5, 0.6) is 0 Å². The Morgan fingerprint density at radius 1 is 0.864 bits per heavy atom. The summed E-state index contributed by atoms with van der Waals surface area (Å²) in [5.74, 6) is -0.455. The summed E-state index contributed by atoms with van der Waals surface area (Å²) in [5, 5.41) is 7.99. The molecule has 9 heteroatoms. The molecule has 4 rings (SSSR count). The van der Waals surface area contributed by atoms with E-state index in [2.05, 4.69) is 29.3 Å². The molecule has 44 heavy (non-hydrogen) atoms. The van der Waals surface area contributed by atoms with E-state index < -0.39 is 12.1 Å². The maximum Gasteiger partial charge on any atom is 0.259 e. The number of fused-ring (bicyclic) bond motifs is 1. The van der Waals surface area contributed by atoms with Crippen LogP contribution in [-0.4, -0.2) is 89.4 Å². The molecule has 1 aliphatic rings. The van der Waals surface area contributed by atoms with Crippen LogP contribution in [0.3, 0.4) is 0 Å². The van der Waals surface area contributed by atoms with Crippen LogP contribution in [0.4, 0.5) is 0 Å². The fraction of sp³-hybridized carbons (Fsp3) is 0.514. The summed E-state index contributed by atoms with van der Waals surface area (Å²) in [5.41, 5.74) is 6.76. The number of hydrazine groups is 1. The molecule has 0 bridgehead atoms. The molecular formula is C35H49N5O3S. The summed E-state index contributed by atoms with van der Waals surface area (Å²) < 4.78 is 0. The molecule has 1 fully saturated rings. The molecule has 1 unspecified atom stereocenters. The molecule has 0 saturated carbocycles. The van der Waals surface area contributed by atoms with Crippen LogP contribution in [0, 0.1) is 0 Å². The van der Waals surface area contributed by atoms with Crippen molar-refractivity contribution in [2.75, 3.05) is 34.2 Å². The van der Waals surface area contributed by atoms with Crippen LogP contribution in [0.2, 0.25) is 0 Å². The van der Waals surface area contributed by atoms with Crippen molar-refractivity contribution in [3.8, 4) is 0 Å². The molecule has 1 saturated heterocycles. The SMILES string of the molecule is CN(C(=O)[C@@H](Cc1ccc2ccccc2c1)N(C)C(=O)CCCC(C)(C)N)C(Cc1cccs1)C(=O)N(C)N1CCCCC1. The average Bonchev–Trinajstić information content (AvgIpc) is 3.54. The lowest BCUT2D eigenvalue weighted by molar-refractivity contribution is -0.158. The fourth-order valence-electron chi connectivity index (χ4n) is 5.95. The van der Waals surface area contributed by atoms with Gasteiger partial charge in [-0.15, -0.1) is 11.3 Å². The van der Waals surface area contributed by atoms with E-state index in [1.54, 1.807) is 40.2 Å². The molecule has 3 aromatic rings. The number of likely N-dealkylation sites (N-methyl/N-ethyl adjacent to an activating group) is 3.